The van der Waals surface area contributed by atoms with Crippen molar-refractivity contribution in [3.05, 3.63) is 29.3 Å². The summed E-state index contributed by atoms with van der Waals surface area (Å²) in [5.41, 5.74) is 0.674. The van der Waals surface area contributed by atoms with E-state index in [1.54, 1.807) is 13.2 Å². The first-order valence-electron chi connectivity index (χ1n) is 8.74. The van der Waals surface area contributed by atoms with E-state index >= 15 is 0 Å². The molecule has 2 saturated heterocycles. The molecule has 2 aliphatic rings. The normalized spacial score (nSPS) is 21.0. The number of hydrogen-bond acceptors (Lipinski definition) is 3. The highest BCUT2D eigenvalue weighted by Crippen LogP contribution is 2.24. The summed E-state index contributed by atoms with van der Waals surface area (Å²) in [6, 6.07) is 7.87. The van der Waals surface area contributed by atoms with Crippen LogP contribution in [0, 0.1) is 0 Å². The number of carbonyl (C=O) groups excluding carboxylic acids is 1. The molecule has 1 aromatic carbocycles. The maximum Gasteiger partial charge on any atom is 0.321 e. The fourth-order valence-corrected chi connectivity index (χ4v) is 3.85. The lowest BCUT2D eigenvalue weighted by atomic mass is 9.99. The largest absolute Gasteiger partial charge is 0.381 e. The minimum atomic E-state index is -0.0559. The molecule has 5 nitrogen and oxygen atoms in total. The second-order valence-corrected chi connectivity index (χ2v) is 7.01. The number of carbonyl (C=O) groups is 1. The van der Waals surface area contributed by atoms with Gasteiger partial charge in [-0.1, -0.05) is 23.7 Å². The van der Waals surface area contributed by atoms with Gasteiger partial charge in [0.05, 0.1) is 16.8 Å². The second kappa shape index (κ2) is 8.19. The first kappa shape index (κ1) is 17.5. The molecule has 3 rings (SSSR count). The van der Waals surface area contributed by atoms with Crippen molar-refractivity contribution in [1.29, 1.82) is 0 Å². The summed E-state index contributed by atoms with van der Waals surface area (Å²) in [6.45, 7) is 3.81. The second-order valence-electron chi connectivity index (χ2n) is 6.60. The van der Waals surface area contributed by atoms with Crippen LogP contribution in [0.3, 0.4) is 0 Å². The number of para-hydroxylation sites is 1. The van der Waals surface area contributed by atoms with Gasteiger partial charge in [0, 0.05) is 39.3 Å². The molecule has 0 unspecified atom stereocenters. The number of hydrogen-bond donors (Lipinski definition) is 1. The van der Waals surface area contributed by atoms with Crippen molar-refractivity contribution in [2.24, 2.45) is 0 Å². The molecular weight excluding hydrogens is 326 g/mol. The van der Waals surface area contributed by atoms with Crippen molar-refractivity contribution < 1.29 is 9.53 Å². The van der Waals surface area contributed by atoms with E-state index in [0.717, 1.165) is 51.9 Å². The van der Waals surface area contributed by atoms with E-state index < -0.39 is 0 Å². The molecule has 0 aliphatic carbocycles. The van der Waals surface area contributed by atoms with Gasteiger partial charge >= 0.3 is 6.03 Å². The molecule has 0 spiro atoms. The molecule has 1 aromatic rings. The zero-order valence-electron chi connectivity index (χ0n) is 14.2. The molecule has 0 saturated carbocycles. The number of methoxy groups -OCH3 is 1. The van der Waals surface area contributed by atoms with Gasteiger partial charge in [-0.05, 0) is 37.8 Å². The van der Waals surface area contributed by atoms with Crippen LogP contribution in [-0.2, 0) is 4.74 Å². The SMILES string of the molecule is COC1CCN(C2CCN(C(=O)Nc3ccccc3Cl)CC2)CC1. The van der Waals surface area contributed by atoms with Crippen LogP contribution < -0.4 is 5.32 Å². The van der Waals surface area contributed by atoms with Gasteiger partial charge in [0.15, 0.2) is 0 Å². The Bertz CT molecular complexity index is 553. The molecule has 6 heteroatoms. The summed E-state index contributed by atoms with van der Waals surface area (Å²) >= 11 is 6.11. The standard InChI is InChI=1S/C18H26ClN3O2/c1-24-15-8-12-21(13-9-15)14-6-10-22(11-7-14)18(23)20-17-5-3-2-4-16(17)19/h2-5,14-15H,6-13H2,1H3,(H,20,23). The number of ether oxygens (including phenoxy) is 1. The van der Waals surface area contributed by atoms with Gasteiger partial charge in [0.2, 0.25) is 0 Å². The number of rotatable bonds is 3. The van der Waals surface area contributed by atoms with Crippen molar-refractivity contribution >= 4 is 23.3 Å². The highest BCUT2D eigenvalue weighted by molar-refractivity contribution is 6.33. The molecule has 0 bridgehead atoms. The van der Waals surface area contributed by atoms with Crippen LogP contribution in [0.15, 0.2) is 24.3 Å². The number of nitrogens with zero attached hydrogens (tertiary/aromatic N) is 2. The van der Waals surface area contributed by atoms with E-state index in [9.17, 15) is 4.79 Å². The number of nitrogens with one attached hydrogen (secondary N) is 1. The average molecular weight is 352 g/mol. The number of piperidine rings is 2. The van der Waals surface area contributed by atoms with Crippen molar-refractivity contribution in [3.63, 3.8) is 0 Å². The van der Waals surface area contributed by atoms with E-state index in [-0.39, 0.29) is 6.03 Å². The van der Waals surface area contributed by atoms with Gasteiger partial charge in [-0.25, -0.2) is 4.79 Å². The molecule has 1 N–H and O–H groups in total. The molecule has 2 heterocycles. The van der Waals surface area contributed by atoms with Gasteiger partial charge in [0.25, 0.3) is 0 Å². The maximum atomic E-state index is 12.4. The summed E-state index contributed by atoms with van der Waals surface area (Å²) < 4.78 is 5.44. The van der Waals surface area contributed by atoms with E-state index in [2.05, 4.69) is 10.2 Å². The first-order chi connectivity index (χ1) is 11.7. The highest BCUT2D eigenvalue weighted by Gasteiger charge is 2.29. The third kappa shape index (κ3) is 4.21. The Labute approximate surface area is 148 Å². The highest BCUT2D eigenvalue weighted by atomic mass is 35.5. The van der Waals surface area contributed by atoms with Crippen LogP contribution in [0.5, 0.6) is 0 Å². The predicted molar refractivity (Wildman–Crippen MR) is 96.7 cm³/mol. The number of halogens is 1. The zero-order valence-corrected chi connectivity index (χ0v) is 15.0. The van der Waals surface area contributed by atoms with Gasteiger partial charge < -0.3 is 19.9 Å². The first-order valence-corrected chi connectivity index (χ1v) is 9.12. The van der Waals surface area contributed by atoms with Crippen LogP contribution in [0.2, 0.25) is 5.02 Å². The van der Waals surface area contributed by atoms with Crippen LogP contribution in [-0.4, -0.2) is 61.3 Å². The lowest BCUT2D eigenvalue weighted by Crippen LogP contribution is -2.50. The third-order valence-electron chi connectivity index (χ3n) is 5.19. The Morgan fingerprint density at radius 3 is 2.42 bits per heavy atom. The number of likely N-dealkylation sites (tertiary alicyclic amines) is 2. The molecule has 2 amide bonds. The van der Waals surface area contributed by atoms with Gasteiger partial charge in [-0.2, -0.15) is 0 Å². The monoisotopic (exact) mass is 351 g/mol. The summed E-state index contributed by atoms with van der Waals surface area (Å²) in [6.07, 6.45) is 4.72. The predicted octanol–water partition coefficient (Wildman–Crippen LogP) is 3.45. The Morgan fingerprint density at radius 2 is 1.79 bits per heavy atom. The van der Waals surface area contributed by atoms with E-state index in [0.29, 0.717) is 22.9 Å². The molecule has 24 heavy (non-hydrogen) atoms. The fraction of sp³-hybridized carbons (Fsp3) is 0.611. The van der Waals surface area contributed by atoms with Gasteiger partial charge in [-0.3, -0.25) is 0 Å². The van der Waals surface area contributed by atoms with Crippen LogP contribution in [0.4, 0.5) is 10.5 Å². The van der Waals surface area contributed by atoms with Crippen LogP contribution >= 0.6 is 11.6 Å². The fourth-order valence-electron chi connectivity index (χ4n) is 3.67. The topological polar surface area (TPSA) is 44.8 Å². The summed E-state index contributed by atoms with van der Waals surface area (Å²) in [5.74, 6) is 0. The van der Waals surface area contributed by atoms with Crippen molar-refractivity contribution in [2.75, 3.05) is 38.6 Å². The Kier molecular flexibility index (Phi) is 5.98. The smallest absolute Gasteiger partial charge is 0.321 e. The quantitative estimate of drug-likeness (QED) is 0.907. The van der Waals surface area contributed by atoms with Gasteiger partial charge in [0.1, 0.15) is 0 Å². The molecule has 132 valence electrons. The number of benzene rings is 1. The van der Waals surface area contributed by atoms with Crippen LogP contribution in [0.25, 0.3) is 0 Å². The van der Waals surface area contributed by atoms with Crippen molar-refractivity contribution in [1.82, 2.24) is 9.80 Å². The lowest BCUT2D eigenvalue weighted by Gasteiger charge is -2.41. The summed E-state index contributed by atoms with van der Waals surface area (Å²) in [5, 5.41) is 3.48. The Balaban J connectivity index is 1.46. The van der Waals surface area contributed by atoms with E-state index in [4.69, 9.17) is 16.3 Å². The number of amides is 2. The van der Waals surface area contributed by atoms with E-state index in [1.165, 1.54) is 0 Å². The lowest BCUT2D eigenvalue weighted by molar-refractivity contribution is 0.0173. The van der Waals surface area contributed by atoms with Gasteiger partial charge in [-0.15, -0.1) is 0 Å². The molecule has 0 atom stereocenters. The van der Waals surface area contributed by atoms with E-state index in [1.807, 2.05) is 23.1 Å². The van der Waals surface area contributed by atoms with Crippen molar-refractivity contribution in [3.8, 4) is 0 Å². The van der Waals surface area contributed by atoms with Crippen molar-refractivity contribution in [2.45, 2.75) is 37.8 Å². The molecule has 0 radical (unpaired) electrons. The molecule has 2 fully saturated rings. The van der Waals surface area contributed by atoms with Crippen LogP contribution in [0.1, 0.15) is 25.7 Å². The molecular formula is C18H26ClN3O2. The molecule has 2 aliphatic heterocycles. The number of anilines is 1. The minimum Gasteiger partial charge on any atom is -0.381 e. The Hall–Kier alpha value is -1.30. The number of urea groups is 1. The zero-order chi connectivity index (χ0) is 16.9. The minimum absolute atomic E-state index is 0.0559. The third-order valence-corrected chi connectivity index (χ3v) is 5.52. The summed E-state index contributed by atoms with van der Waals surface area (Å²) in [4.78, 5) is 16.9. The maximum absolute atomic E-state index is 12.4. The average Bonchev–Trinajstić information content (AvgIpc) is 2.64. The summed E-state index contributed by atoms with van der Waals surface area (Å²) in [7, 11) is 1.80. The Morgan fingerprint density at radius 1 is 1.12 bits per heavy atom. The molecule has 0 aromatic heterocycles.